The average molecular weight is 280 g/mol. The van der Waals surface area contributed by atoms with E-state index in [1.165, 1.54) is 0 Å². The van der Waals surface area contributed by atoms with Crippen molar-refractivity contribution < 1.29 is 19.5 Å². The first-order valence-corrected chi connectivity index (χ1v) is 6.41. The molecule has 1 aromatic carbocycles. The largest absolute Gasteiger partial charge is 0.484 e. The van der Waals surface area contributed by atoms with Crippen LogP contribution in [0.5, 0.6) is 5.75 Å². The molecule has 0 aliphatic rings. The van der Waals surface area contributed by atoms with E-state index in [-0.39, 0.29) is 12.5 Å². The Morgan fingerprint density at radius 1 is 1.35 bits per heavy atom. The first-order valence-electron chi connectivity index (χ1n) is 6.41. The number of nitrogens with one attached hydrogen (secondary N) is 1. The van der Waals surface area contributed by atoms with Crippen LogP contribution >= 0.6 is 0 Å². The molecule has 20 heavy (non-hydrogen) atoms. The number of amides is 1. The molecule has 110 valence electrons. The van der Waals surface area contributed by atoms with Crippen LogP contribution < -0.4 is 10.1 Å². The van der Waals surface area contributed by atoms with Crippen LogP contribution in [0.4, 0.5) is 0 Å². The smallest absolute Gasteiger partial charge is 0.258 e. The minimum absolute atomic E-state index is 0.0439. The van der Waals surface area contributed by atoms with Crippen molar-refractivity contribution >= 4 is 11.6 Å². The second-order valence-corrected chi connectivity index (χ2v) is 4.06. The maximum atomic E-state index is 11.4. The Labute approximate surface area is 118 Å². The molecule has 2 N–H and O–H groups in total. The lowest BCUT2D eigenvalue weighted by atomic mass is 10.1. The quantitative estimate of drug-likeness (QED) is 0.326. The fraction of sp³-hybridized carbons (Fsp3) is 0.429. The van der Waals surface area contributed by atoms with E-state index in [2.05, 4.69) is 10.5 Å². The van der Waals surface area contributed by atoms with Gasteiger partial charge in [0.1, 0.15) is 5.75 Å². The molecule has 0 aliphatic heterocycles. The van der Waals surface area contributed by atoms with Crippen LogP contribution in [-0.2, 0) is 9.53 Å². The van der Waals surface area contributed by atoms with Crippen LogP contribution in [0, 0.1) is 0 Å². The van der Waals surface area contributed by atoms with Gasteiger partial charge in [0, 0.05) is 13.7 Å². The van der Waals surface area contributed by atoms with Gasteiger partial charge in [0.25, 0.3) is 5.91 Å². The third-order valence-corrected chi connectivity index (χ3v) is 2.64. The number of oxime groups is 1. The van der Waals surface area contributed by atoms with Crippen LogP contribution in [0.1, 0.15) is 18.9 Å². The maximum Gasteiger partial charge on any atom is 0.258 e. The van der Waals surface area contributed by atoms with E-state index in [4.69, 9.17) is 14.7 Å². The summed E-state index contributed by atoms with van der Waals surface area (Å²) in [7, 11) is 1.57. The normalized spacial score (nSPS) is 11.2. The number of methoxy groups -OCH3 is 1. The van der Waals surface area contributed by atoms with Crippen molar-refractivity contribution in [1.29, 1.82) is 0 Å². The molecule has 0 aliphatic carbocycles. The van der Waals surface area contributed by atoms with Crippen LogP contribution in [0.3, 0.4) is 0 Å². The second-order valence-electron chi connectivity index (χ2n) is 4.06. The predicted octanol–water partition coefficient (Wildman–Crippen LogP) is 1.42. The van der Waals surface area contributed by atoms with Gasteiger partial charge < -0.3 is 20.0 Å². The molecule has 0 heterocycles. The second kappa shape index (κ2) is 8.92. The molecule has 0 fully saturated rings. The fourth-order valence-electron chi connectivity index (χ4n) is 1.57. The highest BCUT2D eigenvalue weighted by Crippen LogP contribution is 2.13. The topological polar surface area (TPSA) is 80.2 Å². The number of ether oxygens (including phenoxy) is 2. The van der Waals surface area contributed by atoms with E-state index in [0.29, 0.717) is 31.0 Å². The van der Waals surface area contributed by atoms with Crippen molar-refractivity contribution in [3.8, 4) is 5.75 Å². The van der Waals surface area contributed by atoms with Gasteiger partial charge in [0.15, 0.2) is 6.61 Å². The number of carbonyl (C=O) groups excluding carboxylic acids is 1. The summed E-state index contributed by atoms with van der Waals surface area (Å²) < 4.78 is 10.2. The molecule has 0 saturated carbocycles. The molecule has 0 unspecified atom stereocenters. The van der Waals surface area contributed by atoms with Crippen molar-refractivity contribution in [1.82, 2.24) is 5.32 Å². The molecule has 0 aromatic heterocycles. The molecule has 6 nitrogen and oxygen atoms in total. The Morgan fingerprint density at radius 2 is 2.05 bits per heavy atom. The number of nitrogens with zero attached hydrogens (tertiary/aromatic N) is 1. The van der Waals surface area contributed by atoms with Gasteiger partial charge in [-0.15, -0.1) is 0 Å². The van der Waals surface area contributed by atoms with Gasteiger partial charge in [-0.2, -0.15) is 0 Å². The number of hydrogen-bond donors (Lipinski definition) is 2. The van der Waals surface area contributed by atoms with Gasteiger partial charge in [-0.25, -0.2) is 0 Å². The van der Waals surface area contributed by atoms with Crippen molar-refractivity contribution in [3.63, 3.8) is 0 Å². The predicted molar refractivity (Wildman–Crippen MR) is 75.4 cm³/mol. The third kappa shape index (κ3) is 5.27. The standard InChI is InChI=1S/C14H20N2O4/c1-3-13(16-18)11-4-6-12(7-5-11)20-10-14(17)15-8-9-19-2/h4-7,18H,3,8-10H2,1-2H3,(H,15,17). The molecule has 0 saturated heterocycles. The lowest BCUT2D eigenvalue weighted by molar-refractivity contribution is -0.123. The highest BCUT2D eigenvalue weighted by atomic mass is 16.5. The van der Waals surface area contributed by atoms with Crippen LogP contribution in [0.2, 0.25) is 0 Å². The van der Waals surface area contributed by atoms with Gasteiger partial charge in [-0.3, -0.25) is 4.79 Å². The van der Waals surface area contributed by atoms with Gasteiger partial charge >= 0.3 is 0 Å². The number of carbonyl (C=O) groups is 1. The minimum Gasteiger partial charge on any atom is -0.484 e. The van der Waals surface area contributed by atoms with E-state index in [1.807, 2.05) is 6.92 Å². The summed E-state index contributed by atoms with van der Waals surface area (Å²) in [6.07, 6.45) is 0.638. The molecule has 1 rings (SSSR count). The molecule has 0 atom stereocenters. The Bertz CT molecular complexity index is 443. The lowest BCUT2D eigenvalue weighted by Crippen LogP contribution is -2.31. The molecule has 6 heteroatoms. The first-order chi connectivity index (χ1) is 9.71. The lowest BCUT2D eigenvalue weighted by Gasteiger charge is -2.08. The van der Waals surface area contributed by atoms with E-state index >= 15 is 0 Å². The van der Waals surface area contributed by atoms with Gasteiger partial charge in [-0.1, -0.05) is 12.1 Å². The number of rotatable bonds is 8. The number of hydrogen-bond acceptors (Lipinski definition) is 5. The summed E-state index contributed by atoms with van der Waals surface area (Å²) in [4.78, 5) is 11.4. The number of benzene rings is 1. The maximum absolute atomic E-state index is 11.4. The Balaban J connectivity index is 2.44. The summed E-state index contributed by atoms with van der Waals surface area (Å²) in [6.45, 7) is 2.80. The van der Waals surface area contributed by atoms with Crippen molar-refractivity contribution in [3.05, 3.63) is 29.8 Å². The summed E-state index contributed by atoms with van der Waals surface area (Å²) in [5.74, 6) is 0.390. The third-order valence-electron chi connectivity index (χ3n) is 2.64. The van der Waals surface area contributed by atoms with Gasteiger partial charge in [0.05, 0.1) is 12.3 Å². The van der Waals surface area contributed by atoms with Crippen LogP contribution in [-0.4, -0.2) is 43.7 Å². The van der Waals surface area contributed by atoms with Crippen LogP contribution in [0.25, 0.3) is 0 Å². The zero-order valence-electron chi connectivity index (χ0n) is 11.8. The summed E-state index contributed by atoms with van der Waals surface area (Å²) in [5.41, 5.74) is 1.43. The van der Waals surface area contributed by atoms with E-state index in [0.717, 1.165) is 5.56 Å². The van der Waals surface area contributed by atoms with Crippen molar-refractivity contribution in [2.45, 2.75) is 13.3 Å². The SMILES string of the molecule is CCC(=NO)c1ccc(OCC(=O)NCCOC)cc1. The monoisotopic (exact) mass is 280 g/mol. The zero-order chi connectivity index (χ0) is 14.8. The van der Waals surface area contributed by atoms with Crippen LogP contribution in [0.15, 0.2) is 29.4 Å². The molecule has 1 amide bonds. The van der Waals surface area contributed by atoms with Gasteiger partial charge in [-0.05, 0) is 36.2 Å². The van der Waals surface area contributed by atoms with Gasteiger partial charge in [0.2, 0.25) is 0 Å². The van der Waals surface area contributed by atoms with Crippen molar-refractivity contribution in [2.75, 3.05) is 26.9 Å². The highest BCUT2D eigenvalue weighted by Gasteiger charge is 2.04. The molecule has 1 aromatic rings. The average Bonchev–Trinajstić information content (AvgIpc) is 2.48. The van der Waals surface area contributed by atoms with E-state index < -0.39 is 0 Å². The Kier molecular flexibility index (Phi) is 7.13. The first kappa shape index (κ1) is 16.0. The fourth-order valence-corrected chi connectivity index (χ4v) is 1.57. The Hall–Kier alpha value is -2.08. The summed E-state index contributed by atoms with van der Waals surface area (Å²) >= 11 is 0. The molecule has 0 bridgehead atoms. The zero-order valence-corrected chi connectivity index (χ0v) is 11.8. The van der Waals surface area contributed by atoms with Crippen molar-refractivity contribution in [2.24, 2.45) is 5.16 Å². The highest BCUT2D eigenvalue weighted by molar-refractivity contribution is 6.00. The summed E-state index contributed by atoms with van der Waals surface area (Å²) in [6, 6.07) is 7.05. The molecular formula is C14H20N2O4. The Morgan fingerprint density at radius 3 is 2.60 bits per heavy atom. The van der Waals surface area contributed by atoms with E-state index in [1.54, 1.807) is 31.4 Å². The summed E-state index contributed by atoms with van der Waals surface area (Å²) in [5, 5.41) is 14.7. The molecule has 0 radical (unpaired) electrons. The minimum atomic E-state index is -0.197. The molecule has 0 spiro atoms. The van der Waals surface area contributed by atoms with E-state index in [9.17, 15) is 4.79 Å². The molecular weight excluding hydrogens is 260 g/mol.